The Morgan fingerprint density at radius 3 is 2.70 bits per heavy atom. The van der Waals surface area contributed by atoms with Gasteiger partial charge in [-0.3, -0.25) is 0 Å². The lowest BCUT2D eigenvalue weighted by molar-refractivity contribution is 1.11. The summed E-state index contributed by atoms with van der Waals surface area (Å²) in [5.74, 6) is 0.851. The van der Waals surface area contributed by atoms with Gasteiger partial charge in [-0.05, 0) is 34.5 Å². The first kappa shape index (κ1) is 14.2. The van der Waals surface area contributed by atoms with E-state index in [2.05, 4.69) is 73.7 Å². The number of anilines is 1. The second-order valence-electron chi connectivity index (χ2n) is 5.38. The van der Waals surface area contributed by atoms with Crippen molar-refractivity contribution in [1.29, 1.82) is 0 Å². The summed E-state index contributed by atoms with van der Waals surface area (Å²) in [6.45, 7) is 0.722. The zero-order valence-corrected chi connectivity index (χ0v) is 13.9. The van der Waals surface area contributed by atoms with E-state index in [0.717, 1.165) is 27.7 Å². The predicted octanol–water partition coefficient (Wildman–Crippen LogP) is 5.16. The maximum absolute atomic E-state index is 4.40. The molecule has 23 heavy (non-hydrogen) atoms. The van der Waals surface area contributed by atoms with E-state index in [4.69, 9.17) is 0 Å². The van der Waals surface area contributed by atoms with Crippen LogP contribution in [0.4, 0.5) is 5.82 Å². The van der Waals surface area contributed by atoms with Crippen molar-refractivity contribution in [2.45, 2.75) is 6.54 Å². The number of benzene rings is 3. The normalized spacial score (nSPS) is 11.0. The average Bonchev–Trinajstić information content (AvgIpc) is 2.60. The van der Waals surface area contributed by atoms with Crippen molar-refractivity contribution in [3.8, 4) is 0 Å². The smallest absolute Gasteiger partial charge is 0.137 e. The molecule has 0 spiro atoms. The van der Waals surface area contributed by atoms with E-state index in [1.807, 2.05) is 18.2 Å². The highest BCUT2D eigenvalue weighted by molar-refractivity contribution is 9.10. The zero-order valence-electron chi connectivity index (χ0n) is 12.3. The first-order chi connectivity index (χ1) is 11.3. The molecule has 1 heterocycles. The van der Waals surface area contributed by atoms with Gasteiger partial charge in [-0.15, -0.1) is 0 Å². The molecule has 0 bridgehead atoms. The summed E-state index contributed by atoms with van der Waals surface area (Å²) in [7, 11) is 0. The summed E-state index contributed by atoms with van der Waals surface area (Å²) in [6.07, 6.45) is 1.60. The number of halogens is 1. The van der Waals surface area contributed by atoms with Crippen LogP contribution in [0.3, 0.4) is 0 Å². The monoisotopic (exact) mass is 363 g/mol. The first-order valence-corrected chi connectivity index (χ1v) is 8.21. The molecule has 3 aromatic carbocycles. The summed E-state index contributed by atoms with van der Waals surface area (Å²) in [5.41, 5.74) is 2.19. The number of aromatic nitrogens is 2. The van der Waals surface area contributed by atoms with Crippen molar-refractivity contribution >= 4 is 43.4 Å². The Balaban J connectivity index is 1.70. The van der Waals surface area contributed by atoms with Crippen molar-refractivity contribution < 1.29 is 0 Å². The minimum absolute atomic E-state index is 0.722. The standard InChI is InChI=1S/C19H14BrN3/c20-15-8-9-18-17(10-15)19(23-12-22-18)21-11-14-6-3-5-13-4-1-2-7-16(13)14/h1-10,12H,11H2,(H,21,22,23). The van der Waals surface area contributed by atoms with E-state index < -0.39 is 0 Å². The number of hydrogen-bond donors (Lipinski definition) is 1. The molecule has 0 saturated heterocycles. The lowest BCUT2D eigenvalue weighted by Gasteiger charge is -2.10. The number of hydrogen-bond acceptors (Lipinski definition) is 3. The fourth-order valence-electron chi connectivity index (χ4n) is 2.80. The van der Waals surface area contributed by atoms with Gasteiger partial charge in [0.15, 0.2) is 0 Å². The predicted molar refractivity (Wildman–Crippen MR) is 98.5 cm³/mol. The summed E-state index contributed by atoms with van der Waals surface area (Å²) in [5, 5.41) is 6.98. The molecule has 0 unspecified atom stereocenters. The van der Waals surface area contributed by atoms with Gasteiger partial charge in [0.1, 0.15) is 12.1 Å². The van der Waals surface area contributed by atoms with Crippen molar-refractivity contribution in [3.05, 3.63) is 77.0 Å². The summed E-state index contributed by atoms with van der Waals surface area (Å²) < 4.78 is 1.02. The largest absolute Gasteiger partial charge is 0.365 e. The Morgan fingerprint density at radius 1 is 0.870 bits per heavy atom. The van der Waals surface area contributed by atoms with E-state index in [1.54, 1.807) is 6.33 Å². The van der Waals surface area contributed by atoms with Crippen LogP contribution in [0.2, 0.25) is 0 Å². The van der Waals surface area contributed by atoms with Gasteiger partial charge in [-0.25, -0.2) is 9.97 Å². The van der Waals surface area contributed by atoms with Crippen LogP contribution in [-0.4, -0.2) is 9.97 Å². The Hall–Kier alpha value is -2.46. The molecule has 1 N–H and O–H groups in total. The van der Waals surface area contributed by atoms with Gasteiger partial charge in [-0.2, -0.15) is 0 Å². The fourth-order valence-corrected chi connectivity index (χ4v) is 3.16. The van der Waals surface area contributed by atoms with Crippen LogP contribution in [0, 0.1) is 0 Å². The Kier molecular flexibility index (Phi) is 3.67. The molecule has 0 aliphatic rings. The third-order valence-corrected chi connectivity index (χ3v) is 4.42. The van der Waals surface area contributed by atoms with E-state index in [-0.39, 0.29) is 0 Å². The fraction of sp³-hybridized carbons (Fsp3) is 0.0526. The molecule has 4 heteroatoms. The van der Waals surface area contributed by atoms with Crippen molar-refractivity contribution in [3.63, 3.8) is 0 Å². The van der Waals surface area contributed by atoms with Crippen LogP contribution in [0.15, 0.2) is 71.5 Å². The van der Waals surface area contributed by atoms with Crippen molar-refractivity contribution in [1.82, 2.24) is 9.97 Å². The maximum atomic E-state index is 4.40. The van der Waals surface area contributed by atoms with Crippen LogP contribution >= 0.6 is 15.9 Å². The van der Waals surface area contributed by atoms with Gasteiger partial charge in [-0.1, -0.05) is 58.4 Å². The van der Waals surface area contributed by atoms with Gasteiger partial charge in [0, 0.05) is 16.4 Å². The van der Waals surface area contributed by atoms with Crippen LogP contribution < -0.4 is 5.32 Å². The summed E-state index contributed by atoms with van der Waals surface area (Å²) >= 11 is 3.51. The zero-order chi connectivity index (χ0) is 15.6. The molecule has 3 nitrogen and oxygen atoms in total. The molecule has 0 aliphatic heterocycles. The van der Waals surface area contributed by atoms with Crippen LogP contribution in [0.25, 0.3) is 21.7 Å². The second-order valence-corrected chi connectivity index (χ2v) is 6.29. The topological polar surface area (TPSA) is 37.8 Å². The summed E-state index contributed by atoms with van der Waals surface area (Å²) in [4.78, 5) is 8.72. The second kappa shape index (κ2) is 5.97. The highest BCUT2D eigenvalue weighted by Gasteiger charge is 2.05. The Labute approximate surface area is 142 Å². The molecular formula is C19H14BrN3. The van der Waals surface area contributed by atoms with Crippen LogP contribution in [-0.2, 0) is 6.54 Å². The van der Waals surface area contributed by atoms with E-state index >= 15 is 0 Å². The molecule has 4 aromatic rings. The lowest BCUT2D eigenvalue weighted by Crippen LogP contribution is -2.03. The van der Waals surface area contributed by atoms with Gasteiger partial charge in [0.25, 0.3) is 0 Å². The molecule has 1 aromatic heterocycles. The van der Waals surface area contributed by atoms with Crippen LogP contribution in [0.5, 0.6) is 0 Å². The molecular weight excluding hydrogens is 350 g/mol. The first-order valence-electron chi connectivity index (χ1n) is 7.42. The molecule has 0 aliphatic carbocycles. The SMILES string of the molecule is Brc1ccc2ncnc(NCc3cccc4ccccc34)c2c1. The molecule has 0 fully saturated rings. The molecule has 0 saturated carbocycles. The van der Waals surface area contributed by atoms with Gasteiger partial charge >= 0.3 is 0 Å². The molecule has 0 radical (unpaired) electrons. The lowest BCUT2D eigenvalue weighted by atomic mass is 10.0. The van der Waals surface area contributed by atoms with E-state index in [9.17, 15) is 0 Å². The Bertz CT molecular complexity index is 993. The number of nitrogens with zero attached hydrogens (tertiary/aromatic N) is 2. The number of rotatable bonds is 3. The molecule has 112 valence electrons. The average molecular weight is 364 g/mol. The molecule has 4 rings (SSSR count). The van der Waals surface area contributed by atoms with Crippen LogP contribution in [0.1, 0.15) is 5.56 Å². The van der Waals surface area contributed by atoms with E-state index in [0.29, 0.717) is 0 Å². The minimum atomic E-state index is 0.722. The molecule has 0 amide bonds. The van der Waals surface area contributed by atoms with Gasteiger partial charge in [0.05, 0.1) is 5.52 Å². The number of fused-ring (bicyclic) bond motifs is 2. The van der Waals surface area contributed by atoms with Crippen molar-refractivity contribution in [2.24, 2.45) is 0 Å². The third kappa shape index (κ3) is 2.78. The highest BCUT2D eigenvalue weighted by atomic mass is 79.9. The van der Waals surface area contributed by atoms with Gasteiger partial charge < -0.3 is 5.32 Å². The maximum Gasteiger partial charge on any atom is 0.137 e. The number of nitrogens with one attached hydrogen (secondary N) is 1. The minimum Gasteiger partial charge on any atom is -0.365 e. The quantitative estimate of drug-likeness (QED) is 0.546. The molecule has 0 atom stereocenters. The van der Waals surface area contributed by atoms with E-state index in [1.165, 1.54) is 16.3 Å². The summed E-state index contributed by atoms with van der Waals surface area (Å²) in [6, 6.07) is 20.8. The Morgan fingerprint density at radius 2 is 1.74 bits per heavy atom. The van der Waals surface area contributed by atoms with Crippen molar-refractivity contribution in [2.75, 3.05) is 5.32 Å². The van der Waals surface area contributed by atoms with Gasteiger partial charge in [0.2, 0.25) is 0 Å². The third-order valence-electron chi connectivity index (χ3n) is 3.92. The highest BCUT2D eigenvalue weighted by Crippen LogP contribution is 2.25.